The van der Waals surface area contributed by atoms with Crippen molar-refractivity contribution in [2.45, 2.75) is 18.5 Å². The molecule has 0 saturated heterocycles. The number of esters is 1. The zero-order chi connectivity index (χ0) is 21.5. The largest absolute Gasteiger partial charge is 0.462 e. The third-order valence-corrected chi connectivity index (χ3v) is 5.45. The van der Waals surface area contributed by atoms with Gasteiger partial charge in [0.25, 0.3) is 0 Å². The van der Waals surface area contributed by atoms with Crippen LogP contribution < -0.4 is 5.32 Å². The predicted octanol–water partition coefficient (Wildman–Crippen LogP) is 4.43. The van der Waals surface area contributed by atoms with Crippen LogP contribution in [-0.2, 0) is 16.6 Å². The van der Waals surface area contributed by atoms with Gasteiger partial charge in [-0.15, -0.1) is 10.2 Å². The van der Waals surface area contributed by atoms with E-state index >= 15 is 0 Å². The Morgan fingerprint density at radius 1 is 1.17 bits per heavy atom. The molecule has 0 saturated carbocycles. The Balaban J connectivity index is 1.61. The summed E-state index contributed by atoms with van der Waals surface area (Å²) in [6, 6.07) is 14.0. The number of aromatic nitrogens is 3. The van der Waals surface area contributed by atoms with Gasteiger partial charge in [-0.1, -0.05) is 48.5 Å². The van der Waals surface area contributed by atoms with Gasteiger partial charge in [0.1, 0.15) is 0 Å². The molecule has 9 heteroatoms. The number of hydrogen-bond acceptors (Lipinski definition) is 6. The second-order valence-electron chi connectivity index (χ2n) is 6.40. The summed E-state index contributed by atoms with van der Waals surface area (Å²) < 4.78 is 6.91. The minimum Gasteiger partial charge on any atom is -0.462 e. The van der Waals surface area contributed by atoms with E-state index in [1.165, 1.54) is 11.8 Å². The third kappa shape index (κ3) is 5.40. The number of ether oxygens (including phenoxy) is 1. The Kier molecular flexibility index (Phi) is 7.48. The Morgan fingerprint density at radius 3 is 2.73 bits per heavy atom. The molecule has 0 bridgehead atoms. The van der Waals surface area contributed by atoms with Crippen LogP contribution in [-0.4, -0.2) is 39.0 Å². The summed E-state index contributed by atoms with van der Waals surface area (Å²) in [7, 11) is 1.82. The number of carbonyl (C=O) groups excluding carboxylic acids is 2. The molecule has 1 N–H and O–H groups in total. The van der Waals surface area contributed by atoms with Gasteiger partial charge in [-0.2, -0.15) is 0 Å². The van der Waals surface area contributed by atoms with Gasteiger partial charge >= 0.3 is 5.97 Å². The average Bonchev–Trinajstić information content (AvgIpc) is 3.11. The highest BCUT2D eigenvalue weighted by Crippen LogP contribution is 2.28. The maximum atomic E-state index is 12.4. The van der Waals surface area contributed by atoms with E-state index in [9.17, 15) is 9.59 Å². The molecular weight excluding hydrogens is 424 g/mol. The number of halogens is 1. The number of amides is 1. The molecule has 0 radical (unpaired) electrons. The number of benzene rings is 2. The first-order valence-corrected chi connectivity index (χ1v) is 10.7. The zero-order valence-corrected chi connectivity index (χ0v) is 18.2. The van der Waals surface area contributed by atoms with Crippen molar-refractivity contribution in [3.63, 3.8) is 0 Å². The van der Waals surface area contributed by atoms with Crippen molar-refractivity contribution in [1.29, 1.82) is 0 Å². The Bertz CT molecular complexity index is 1050. The maximum Gasteiger partial charge on any atom is 0.338 e. The second-order valence-corrected chi connectivity index (χ2v) is 7.75. The van der Waals surface area contributed by atoms with Crippen molar-refractivity contribution >= 4 is 40.9 Å². The molecule has 0 atom stereocenters. The lowest BCUT2D eigenvalue weighted by Gasteiger charge is -2.08. The van der Waals surface area contributed by atoms with E-state index in [1.54, 1.807) is 34.9 Å². The molecular formula is C21H21ClN4O3S. The molecule has 156 valence electrons. The Labute approximate surface area is 183 Å². The molecule has 0 aliphatic carbocycles. The smallest absolute Gasteiger partial charge is 0.338 e. The number of carbonyl (C=O) groups is 2. The Morgan fingerprint density at radius 2 is 1.97 bits per heavy atom. The van der Waals surface area contributed by atoms with Gasteiger partial charge in [-0.05, 0) is 36.8 Å². The zero-order valence-electron chi connectivity index (χ0n) is 16.6. The third-order valence-electron chi connectivity index (χ3n) is 4.10. The normalized spacial score (nSPS) is 10.6. The van der Waals surface area contributed by atoms with Crippen LogP contribution in [0.5, 0.6) is 0 Å². The van der Waals surface area contributed by atoms with Crippen molar-refractivity contribution in [3.8, 4) is 11.4 Å². The second kappa shape index (κ2) is 10.3. The monoisotopic (exact) mass is 444 g/mol. The summed E-state index contributed by atoms with van der Waals surface area (Å²) in [6.07, 6.45) is 0.750. The lowest BCUT2D eigenvalue weighted by atomic mass is 10.2. The van der Waals surface area contributed by atoms with Gasteiger partial charge < -0.3 is 14.6 Å². The van der Waals surface area contributed by atoms with Crippen molar-refractivity contribution in [2.24, 2.45) is 7.05 Å². The lowest BCUT2D eigenvalue weighted by molar-refractivity contribution is -0.113. The summed E-state index contributed by atoms with van der Waals surface area (Å²) in [6.45, 7) is 2.29. The minimum atomic E-state index is -0.409. The molecule has 7 nitrogen and oxygen atoms in total. The van der Waals surface area contributed by atoms with Crippen molar-refractivity contribution in [3.05, 3.63) is 59.1 Å². The SMILES string of the molecule is CCCOC(=O)c1cccc(NC(=O)CSc2nnc(-c3ccccc3Cl)n2C)c1. The first kappa shape index (κ1) is 21.9. The highest BCUT2D eigenvalue weighted by atomic mass is 35.5. The molecule has 0 spiro atoms. The first-order chi connectivity index (χ1) is 14.5. The van der Waals surface area contributed by atoms with Crippen LogP contribution >= 0.6 is 23.4 Å². The van der Waals surface area contributed by atoms with Crippen molar-refractivity contribution in [1.82, 2.24) is 14.8 Å². The number of nitrogens with one attached hydrogen (secondary N) is 1. The molecule has 3 aromatic rings. The number of rotatable bonds is 8. The first-order valence-electron chi connectivity index (χ1n) is 9.33. The van der Waals surface area contributed by atoms with Crippen LogP contribution in [0.25, 0.3) is 11.4 Å². The lowest BCUT2D eigenvalue weighted by Crippen LogP contribution is -2.15. The van der Waals surface area contributed by atoms with E-state index < -0.39 is 5.97 Å². The fourth-order valence-electron chi connectivity index (χ4n) is 2.65. The molecule has 30 heavy (non-hydrogen) atoms. The van der Waals surface area contributed by atoms with E-state index in [2.05, 4.69) is 15.5 Å². The van der Waals surface area contributed by atoms with Crippen LogP contribution in [0.2, 0.25) is 5.02 Å². The van der Waals surface area contributed by atoms with E-state index in [-0.39, 0.29) is 11.7 Å². The number of anilines is 1. The van der Waals surface area contributed by atoms with E-state index in [0.717, 1.165) is 12.0 Å². The summed E-state index contributed by atoms with van der Waals surface area (Å²) in [5.74, 6) is 0.135. The molecule has 1 heterocycles. The highest BCUT2D eigenvalue weighted by Gasteiger charge is 2.15. The highest BCUT2D eigenvalue weighted by molar-refractivity contribution is 7.99. The van der Waals surface area contributed by atoms with E-state index in [0.29, 0.717) is 33.9 Å². The minimum absolute atomic E-state index is 0.138. The fraction of sp³-hybridized carbons (Fsp3) is 0.238. The Hall–Kier alpha value is -2.84. The van der Waals surface area contributed by atoms with Gasteiger partial charge in [0.05, 0.1) is 22.9 Å². The van der Waals surface area contributed by atoms with Gasteiger partial charge in [-0.3, -0.25) is 4.79 Å². The van der Waals surface area contributed by atoms with Crippen LogP contribution in [0.15, 0.2) is 53.7 Å². The van der Waals surface area contributed by atoms with E-state index in [1.807, 2.05) is 32.2 Å². The summed E-state index contributed by atoms with van der Waals surface area (Å²) in [5, 5.41) is 12.3. The summed E-state index contributed by atoms with van der Waals surface area (Å²) in [4.78, 5) is 24.3. The fourth-order valence-corrected chi connectivity index (χ4v) is 3.58. The quantitative estimate of drug-likeness (QED) is 0.408. The molecule has 3 rings (SSSR count). The predicted molar refractivity (Wildman–Crippen MR) is 118 cm³/mol. The van der Waals surface area contributed by atoms with Crippen LogP contribution in [0.1, 0.15) is 23.7 Å². The standard InChI is InChI=1S/C21H21ClN4O3S/c1-3-11-29-20(28)14-7-6-8-15(12-14)23-18(27)13-30-21-25-24-19(26(21)2)16-9-4-5-10-17(16)22/h4-10,12H,3,11,13H2,1-2H3,(H,23,27). The van der Waals surface area contributed by atoms with Crippen LogP contribution in [0.3, 0.4) is 0 Å². The summed E-state index contributed by atoms with van der Waals surface area (Å²) in [5.41, 5.74) is 1.70. The number of nitrogens with zero attached hydrogens (tertiary/aromatic N) is 3. The van der Waals surface area contributed by atoms with Gasteiger partial charge in [0, 0.05) is 18.3 Å². The molecule has 2 aromatic carbocycles. The average molecular weight is 445 g/mol. The molecule has 1 aromatic heterocycles. The number of hydrogen-bond donors (Lipinski definition) is 1. The molecule has 1 amide bonds. The van der Waals surface area contributed by atoms with Gasteiger partial charge in [-0.25, -0.2) is 4.79 Å². The van der Waals surface area contributed by atoms with Gasteiger partial charge in [0.2, 0.25) is 5.91 Å². The molecule has 0 aliphatic rings. The summed E-state index contributed by atoms with van der Waals surface area (Å²) >= 11 is 7.50. The van der Waals surface area contributed by atoms with Gasteiger partial charge in [0.15, 0.2) is 11.0 Å². The molecule has 0 aliphatic heterocycles. The number of thioether (sulfide) groups is 1. The molecule has 0 unspecified atom stereocenters. The molecule has 0 fully saturated rings. The van der Waals surface area contributed by atoms with Crippen LogP contribution in [0, 0.1) is 0 Å². The topological polar surface area (TPSA) is 86.1 Å². The van der Waals surface area contributed by atoms with E-state index in [4.69, 9.17) is 16.3 Å². The van der Waals surface area contributed by atoms with Crippen molar-refractivity contribution in [2.75, 3.05) is 17.7 Å². The maximum absolute atomic E-state index is 12.4. The van der Waals surface area contributed by atoms with Crippen LogP contribution in [0.4, 0.5) is 5.69 Å². The van der Waals surface area contributed by atoms with Crippen molar-refractivity contribution < 1.29 is 14.3 Å².